The fourth-order valence-electron chi connectivity index (χ4n) is 1.11. The second-order valence-electron chi connectivity index (χ2n) is 3.18. The quantitative estimate of drug-likeness (QED) is 0.466. The van der Waals surface area contributed by atoms with Crippen molar-refractivity contribution < 1.29 is 19.4 Å². The van der Waals surface area contributed by atoms with E-state index in [0.29, 0.717) is 0 Å². The molecule has 0 saturated carbocycles. The minimum absolute atomic E-state index is 0.219. The Morgan fingerprint density at radius 1 is 1.29 bits per heavy atom. The van der Waals surface area contributed by atoms with Gasteiger partial charge in [0.25, 0.3) is 0 Å². The summed E-state index contributed by atoms with van der Waals surface area (Å²) in [6.07, 6.45) is 6.02. The molecule has 4 nitrogen and oxygen atoms in total. The van der Waals surface area contributed by atoms with Gasteiger partial charge in [-0.15, -0.1) is 0 Å². The van der Waals surface area contributed by atoms with Gasteiger partial charge in [0.2, 0.25) is 0 Å². The maximum Gasteiger partial charge on any atom is 0.328 e. The third kappa shape index (κ3) is 5.53. The Labute approximate surface area is 99.8 Å². The Balaban J connectivity index is 2.53. The smallest absolute Gasteiger partial charge is 0.328 e. The summed E-state index contributed by atoms with van der Waals surface area (Å²) in [4.78, 5) is 10.2. The summed E-state index contributed by atoms with van der Waals surface area (Å²) in [5.74, 6) is -0.233. The number of allylic oxidation sites excluding steroid dienone is 2. The van der Waals surface area contributed by atoms with Gasteiger partial charge >= 0.3 is 5.97 Å². The molecule has 90 valence electrons. The van der Waals surface area contributed by atoms with Crippen LogP contribution < -0.4 is 4.74 Å². The Morgan fingerprint density at radius 2 is 2.00 bits per heavy atom. The summed E-state index contributed by atoms with van der Waals surface area (Å²) >= 11 is 0. The molecule has 0 aromatic heterocycles. The number of rotatable bonds is 6. The zero-order chi connectivity index (χ0) is 12.5. The first kappa shape index (κ1) is 13.0. The molecule has 0 heterocycles. The molecule has 1 aromatic carbocycles. The standard InChI is InChI=1S/C13H14O4/c1-16-10-17-12-8-6-11(7-9-12)4-2-3-5-13(14)15/h2-9H,10H2,1H3,(H,14,15)/b4-2+,5-3+. The number of hydrogen-bond donors (Lipinski definition) is 1. The van der Waals surface area contributed by atoms with E-state index in [9.17, 15) is 4.79 Å². The van der Waals surface area contributed by atoms with Gasteiger partial charge in [0.1, 0.15) is 5.75 Å². The lowest BCUT2D eigenvalue weighted by molar-refractivity contribution is -0.131. The zero-order valence-electron chi connectivity index (χ0n) is 9.50. The second kappa shape index (κ2) is 7.24. The Morgan fingerprint density at radius 3 is 2.59 bits per heavy atom. The van der Waals surface area contributed by atoms with Gasteiger partial charge in [-0.1, -0.05) is 30.4 Å². The average molecular weight is 234 g/mol. The number of methoxy groups -OCH3 is 1. The largest absolute Gasteiger partial charge is 0.478 e. The van der Waals surface area contributed by atoms with Gasteiger partial charge in [-0.3, -0.25) is 0 Å². The van der Waals surface area contributed by atoms with E-state index < -0.39 is 5.97 Å². The van der Waals surface area contributed by atoms with Gasteiger partial charge in [0.05, 0.1) is 0 Å². The van der Waals surface area contributed by atoms with E-state index in [1.807, 2.05) is 24.3 Å². The van der Waals surface area contributed by atoms with Crippen LogP contribution in [0.2, 0.25) is 0 Å². The molecule has 0 amide bonds. The van der Waals surface area contributed by atoms with Crippen molar-refractivity contribution in [3.05, 3.63) is 48.1 Å². The first-order chi connectivity index (χ1) is 8.22. The highest BCUT2D eigenvalue weighted by Gasteiger charge is 1.91. The first-order valence-electron chi connectivity index (χ1n) is 5.02. The van der Waals surface area contributed by atoms with Crippen molar-refractivity contribution in [1.29, 1.82) is 0 Å². The third-order valence-corrected chi connectivity index (χ3v) is 1.86. The first-order valence-corrected chi connectivity index (χ1v) is 5.02. The summed E-state index contributed by atoms with van der Waals surface area (Å²) in [6.45, 7) is 0.219. The maximum absolute atomic E-state index is 10.2. The Kier molecular flexibility index (Phi) is 5.54. The van der Waals surface area contributed by atoms with Gasteiger partial charge in [-0.2, -0.15) is 0 Å². The fraction of sp³-hybridized carbons (Fsp3) is 0.154. The summed E-state index contributed by atoms with van der Waals surface area (Å²) in [7, 11) is 1.56. The van der Waals surface area contributed by atoms with Crippen LogP contribution in [0.5, 0.6) is 5.75 Å². The number of ether oxygens (including phenoxy) is 2. The van der Waals surface area contributed by atoms with Crippen LogP contribution in [-0.2, 0) is 9.53 Å². The van der Waals surface area contributed by atoms with Crippen molar-refractivity contribution in [3.63, 3.8) is 0 Å². The third-order valence-electron chi connectivity index (χ3n) is 1.86. The van der Waals surface area contributed by atoms with Crippen LogP contribution in [-0.4, -0.2) is 25.0 Å². The van der Waals surface area contributed by atoms with Gasteiger partial charge in [-0.05, 0) is 17.7 Å². The molecule has 4 heteroatoms. The van der Waals surface area contributed by atoms with Crippen LogP contribution in [0.1, 0.15) is 5.56 Å². The molecule has 1 N–H and O–H groups in total. The Bertz CT molecular complexity index is 404. The number of carboxylic acids is 1. The van der Waals surface area contributed by atoms with Crippen molar-refractivity contribution in [3.8, 4) is 5.75 Å². The van der Waals surface area contributed by atoms with E-state index in [-0.39, 0.29) is 6.79 Å². The number of carboxylic acid groups (broad SMARTS) is 1. The number of hydrogen-bond acceptors (Lipinski definition) is 3. The van der Waals surface area contributed by atoms with E-state index in [2.05, 4.69) is 0 Å². The highest BCUT2D eigenvalue weighted by Crippen LogP contribution is 2.13. The van der Waals surface area contributed by atoms with Gasteiger partial charge in [0, 0.05) is 13.2 Å². The van der Waals surface area contributed by atoms with E-state index in [0.717, 1.165) is 17.4 Å². The normalized spacial score (nSPS) is 11.1. The Hall–Kier alpha value is -2.07. The molecule has 0 aliphatic heterocycles. The molecule has 1 rings (SSSR count). The molecule has 1 aromatic rings. The number of carbonyl (C=O) groups is 1. The van der Waals surface area contributed by atoms with Crippen LogP contribution in [0, 0.1) is 0 Å². The monoisotopic (exact) mass is 234 g/mol. The highest BCUT2D eigenvalue weighted by molar-refractivity contribution is 5.80. The fourth-order valence-corrected chi connectivity index (χ4v) is 1.11. The van der Waals surface area contributed by atoms with Crippen LogP contribution in [0.15, 0.2) is 42.5 Å². The van der Waals surface area contributed by atoms with Crippen LogP contribution >= 0.6 is 0 Å². The molecule has 0 aliphatic rings. The molecule has 0 unspecified atom stereocenters. The molecular weight excluding hydrogens is 220 g/mol. The molecule has 0 radical (unpaired) electrons. The predicted octanol–water partition coefficient (Wildman–Crippen LogP) is 2.32. The van der Waals surface area contributed by atoms with Gasteiger partial charge in [0.15, 0.2) is 6.79 Å². The lowest BCUT2D eigenvalue weighted by Crippen LogP contribution is -1.98. The number of aliphatic carboxylic acids is 1. The molecule has 0 atom stereocenters. The molecule has 0 fully saturated rings. The zero-order valence-corrected chi connectivity index (χ0v) is 9.50. The SMILES string of the molecule is COCOc1ccc(/C=C/C=C/C(=O)O)cc1. The molecular formula is C13H14O4. The van der Waals surface area contributed by atoms with Crippen molar-refractivity contribution in [2.24, 2.45) is 0 Å². The molecule has 0 aliphatic carbocycles. The number of benzene rings is 1. The van der Waals surface area contributed by atoms with Gasteiger partial charge in [-0.25, -0.2) is 4.79 Å². The van der Waals surface area contributed by atoms with Gasteiger partial charge < -0.3 is 14.6 Å². The topological polar surface area (TPSA) is 55.8 Å². The van der Waals surface area contributed by atoms with E-state index >= 15 is 0 Å². The van der Waals surface area contributed by atoms with Crippen LogP contribution in [0.4, 0.5) is 0 Å². The summed E-state index contributed by atoms with van der Waals surface area (Å²) in [5, 5.41) is 8.38. The van der Waals surface area contributed by atoms with Crippen molar-refractivity contribution in [2.75, 3.05) is 13.9 Å². The maximum atomic E-state index is 10.2. The summed E-state index contributed by atoms with van der Waals surface area (Å²) < 4.78 is 10.0. The summed E-state index contributed by atoms with van der Waals surface area (Å²) in [5.41, 5.74) is 0.963. The van der Waals surface area contributed by atoms with Crippen LogP contribution in [0.25, 0.3) is 6.08 Å². The van der Waals surface area contributed by atoms with Crippen molar-refractivity contribution in [1.82, 2.24) is 0 Å². The molecule has 17 heavy (non-hydrogen) atoms. The minimum Gasteiger partial charge on any atom is -0.478 e. The molecule has 0 spiro atoms. The highest BCUT2D eigenvalue weighted by atomic mass is 16.7. The van der Waals surface area contributed by atoms with Crippen molar-refractivity contribution >= 4 is 12.0 Å². The lowest BCUT2D eigenvalue weighted by Gasteiger charge is -2.03. The van der Waals surface area contributed by atoms with E-state index in [1.54, 1.807) is 19.3 Å². The molecule has 0 bridgehead atoms. The van der Waals surface area contributed by atoms with Crippen LogP contribution in [0.3, 0.4) is 0 Å². The van der Waals surface area contributed by atoms with E-state index in [4.69, 9.17) is 14.6 Å². The second-order valence-corrected chi connectivity index (χ2v) is 3.18. The summed E-state index contributed by atoms with van der Waals surface area (Å²) in [6, 6.07) is 7.38. The molecule has 0 saturated heterocycles. The van der Waals surface area contributed by atoms with E-state index in [1.165, 1.54) is 6.08 Å². The lowest BCUT2D eigenvalue weighted by atomic mass is 10.2. The van der Waals surface area contributed by atoms with Crippen molar-refractivity contribution in [2.45, 2.75) is 0 Å². The predicted molar refractivity (Wildman–Crippen MR) is 64.8 cm³/mol. The minimum atomic E-state index is -0.960. The average Bonchev–Trinajstić information content (AvgIpc) is 2.33.